The van der Waals surface area contributed by atoms with E-state index in [4.69, 9.17) is 0 Å². The molecule has 0 fully saturated rings. The number of carboxylic acid groups (broad SMARTS) is 1. The summed E-state index contributed by atoms with van der Waals surface area (Å²) in [5.41, 5.74) is -7.20. The summed E-state index contributed by atoms with van der Waals surface area (Å²) in [4.78, 5) is 10.4. The molecule has 0 saturated heterocycles. The van der Waals surface area contributed by atoms with Crippen LogP contribution in [0.15, 0.2) is 52.3 Å². The van der Waals surface area contributed by atoms with Crippen molar-refractivity contribution in [2.75, 3.05) is 10.1 Å². The third-order valence-corrected chi connectivity index (χ3v) is 8.05. The molecule has 0 saturated carbocycles. The summed E-state index contributed by atoms with van der Waals surface area (Å²) in [5.74, 6) is -2.52. The number of hydrogen-bond donors (Lipinski definition) is 2. The molecular formula is C19H14F7NO5S2. The lowest BCUT2D eigenvalue weighted by molar-refractivity contribution is -0.376. The molecule has 0 spiro atoms. The molecule has 0 amide bonds. The molecule has 34 heavy (non-hydrogen) atoms. The molecule has 0 aliphatic carbocycles. The molecule has 1 aliphatic heterocycles. The van der Waals surface area contributed by atoms with Gasteiger partial charge in [-0.3, -0.25) is 9.10 Å². The summed E-state index contributed by atoms with van der Waals surface area (Å²) < 4.78 is 120. The van der Waals surface area contributed by atoms with Crippen molar-refractivity contribution in [3.63, 3.8) is 0 Å². The average Bonchev–Trinajstić information content (AvgIpc) is 2.70. The fourth-order valence-electron chi connectivity index (χ4n) is 3.36. The van der Waals surface area contributed by atoms with Gasteiger partial charge in [0.25, 0.3) is 15.6 Å². The summed E-state index contributed by atoms with van der Waals surface area (Å²) in [6.07, 6.45) is -13.0. The molecular weight excluding hydrogens is 519 g/mol. The molecule has 0 aromatic heterocycles. The van der Waals surface area contributed by atoms with E-state index in [-0.39, 0.29) is 22.4 Å². The molecule has 3 rings (SSSR count). The monoisotopic (exact) mass is 533 g/mol. The predicted octanol–water partition coefficient (Wildman–Crippen LogP) is 4.28. The summed E-state index contributed by atoms with van der Waals surface area (Å²) in [5, 5.41) is 18.8. The van der Waals surface area contributed by atoms with Crippen LogP contribution in [-0.4, -0.2) is 48.7 Å². The van der Waals surface area contributed by atoms with E-state index in [0.717, 1.165) is 24.3 Å². The number of carboxylic acids is 1. The number of thioether (sulfide) groups is 1. The number of anilines is 1. The number of fused-ring (bicyclic) bond motifs is 1. The second-order valence-corrected chi connectivity index (χ2v) is 10.1. The molecule has 1 atom stereocenters. The van der Waals surface area contributed by atoms with E-state index in [1.54, 1.807) is 0 Å². The first-order valence-corrected chi connectivity index (χ1v) is 11.6. The lowest BCUT2D eigenvalue weighted by atomic mass is 9.92. The van der Waals surface area contributed by atoms with E-state index in [2.05, 4.69) is 0 Å². The Morgan fingerprint density at radius 2 is 1.59 bits per heavy atom. The highest BCUT2D eigenvalue weighted by Gasteiger charge is 2.71. The first kappa shape index (κ1) is 26.1. The Labute approximate surface area is 192 Å². The topological polar surface area (TPSA) is 94.9 Å². The van der Waals surface area contributed by atoms with Crippen molar-refractivity contribution in [1.29, 1.82) is 0 Å². The number of benzene rings is 2. The van der Waals surface area contributed by atoms with Crippen molar-refractivity contribution < 1.29 is 54.2 Å². The first-order chi connectivity index (χ1) is 15.5. The molecule has 1 aliphatic rings. The maximum Gasteiger partial charge on any atom is 0.430 e. The molecule has 6 nitrogen and oxygen atoms in total. The molecule has 2 aromatic carbocycles. The first-order valence-electron chi connectivity index (χ1n) is 9.15. The van der Waals surface area contributed by atoms with Gasteiger partial charge >= 0.3 is 18.3 Å². The van der Waals surface area contributed by atoms with E-state index in [9.17, 15) is 54.2 Å². The fraction of sp³-hybridized carbons (Fsp3) is 0.316. The smallest absolute Gasteiger partial charge is 0.430 e. The van der Waals surface area contributed by atoms with Gasteiger partial charge < -0.3 is 10.2 Å². The van der Waals surface area contributed by atoms with Gasteiger partial charge in [-0.25, -0.2) is 12.8 Å². The summed E-state index contributed by atoms with van der Waals surface area (Å²) >= 11 is 0.633. The zero-order valence-corrected chi connectivity index (χ0v) is 18.2. The zero-order valence-electron chi connectivity index (χ0n) is 16.6. The summed E-state index contributed by atoms with van der Waals surface area (Å²) in [7, 11) is -4.61. The minimum absolute atomic E-state index is 0.275. The summed E-state index contributed by atoms with van der Waals surface area (Å²) in [6.45, 7) is 0. The number of carbonyl (C=O) groups is 1. The van der Waals surface area contributed by atoms with Crippen LogP contribution in [-0.2, 0) is 20.4 Å². The van der Waals surface area contributed by atoms with E-state index < -0.39 is 62.7 Å². The van der Waals surface area contributed by atoms with Crippen LogP contribution >= 0.6 is 11.8 Å². The number of sulfonamides is 1. The van der Waals surface area contributed by atoms with E-state index in [1.807, 2.05) is 0 Å². The van der Waals surface area contributed by atoms with E-state index >= 15 is 0 Å². The molecule has 1 heterocycles. The second kappa shape index (κ2) is 8.61. The molecule has 0 bridgehead atoms. The number of halogens is 7. The van der Waals surface area contributed by atoms with Gasteiger partial charge in [-0.05, 0) is 36.4 Å². The Morgan fingerprint density at radius 3 is 2.09 bits per heavy atom. The van der Waals surface area contributed by atoms with Crippen molar-refractivity contribution in [1.82, 2.24) is 0 Å². The Balaban J connectivity index is 2.20. The molecule has 2 N–H and O–H groups in total. The van der Waals surface area contributed by atoms with Gasteiger partial charge in [0.05, 0.1) is 23.0 Å². The molecule has 2 aromatic rings. The number of aliphatic hydroxyl groups is 1. The Kier molecular flexibility index (Phi) is 6.60. The molecule has 0 radical (unpaired) electrons. The largest absolute Gasteiger partial charge is 0.481 e. The minimum Gasteiger partial charge on any atom is -0.481 e. The van der Waals surface area contributed by atoms with Gasteiger partial charge in [-0.1, -0.05) is 6.07 Å². The van der Waals surface area contributed by atoms with Gasteiger partial charge in [-0.2, -0.15) is 26.3 Å². The molecule has 186 valence electrons. The lowest BCUT2D eigenvalue weighted by Crippen LogP contribution is -2.54. The molecule has 1 unspecified atom stereocenters. The predicted molar refractivity (Wildman–Crippen MR) is 105 cm³/mol. The van der Waals surface area contributed by atoms with Gasteiger partial charge in [0, 0.05) is 16.2 Å². The van der Waals surface area contributed by atoms with Crippen LogP contribution in [0.5, 0.6) is 0 Å². The standard InChI is InChI=1S/C19H14F7NO5S2/c20-11-2-4-13(5-3-11)34(31,32)27-12(8-16(28)29)9-33-15-7-10(1-6-14(15)27)17(30,18(21,22)23)19(24,25)26/h1-7,12,30H,8-9H2,(H,28,29). The third-order valence-electron chi connectivity index (χ3n) is 4.98. The van der Waals surface area contributed by atoms with E-state index in [0.29, 0.717) is 28.2 Å². The maximum atomic E-state index is 13.3. The number of rotatable bonds is 5. The van der Waals surface area contributed by atoms with Crippen molar-refractivity contribution in [3.8, 4) is 0 Å². The zero-order chi connectivity index (χ0) is 25.7. The normalized spacial score (nSPS) is 17.4. The molecule has 15 heteroatoms. The third kappa shape index (κ3) is 4.43. The number of alkyl halides is 6. The van der Waals surface area contributed by atoms with Gasteiger partial charge in [0.2, 0.25) is 0 Å². The van der Waals surface area contributed by atoms with E-state index in [1.165, 1.54) is 0 Å². The Bertz CT molecular complexity index is 1180. The van der Waals surface area contributed by atoms with Crippen LogP contribution < -0.4 is 4.31 Å². The number of nitrogens with zero attached hydrogens (tertiary/aromatic N) is 1. The SMILES string of the molecule is O=C(O)CC1CSc2cc(C(O)(C(F)(F)F)C(F)(F)F)ccc2N1S(=O)(=O)c1ccc(F)cc1. The highest BCUT2D eigenvalue weighted by atomic mass is 32.2. The van der Waals surface area contributed by atoms with Crippen molar-refractivity contribution >= 4 is 33.4 Å². The van der Waals surface area contributed by atoms with Crippen LogP contribution in [0.1, 0.15) is 12.0 Å². The van der Waals surface area contributed by atoms with Gasteiger partial charge in [0.1, 0.15) is 5.82 Å². The van der Waals surface area contributed by atoms with Crippen LogP contribution in [0.3, 0.4) is 0 Å². The maximum absolute atomic E-state index is 13.3. The number of aliphatic carboxylic acids is 1. The highest BCUT2D eigenvalue weighted by Crippen LogP contribution is 2.52. The van der Waals surface area contributed by atoms with Gasteiger partial charge in [0.15, 0.2) is 0 Å². The lowest BCUT2D eigenvalue weighted by Gasteiger charge is -2.38. The van der Waals surface area contributed by atoms with Crippen molar-refractivity contribution in [2.24, 2.45) is 0 Å². The highest BCUT2D eigenvalue weighted by molar-refractivity contribution is 8.00. The van der Waals surface area contributed by atoms with Crippen molar-refractivity contribution in [2.45, 2.75) is 40.2 Å². The van der Waals surface area contributed by atoms with Crippen LogP contribution in [0.2, 0.25) is 0 Å². The minimum atomic E-state index is -6.15. The second-order valence-electron chi connectivity index (χ2n) is 7.21. The van der Waals surface area contributed by atoms with Gasteiger partial charge in [-0.15, -0.1) is 11.8 Å². The van der Waals surface area contributed by atoms with Crippen LogP contribution in [0, 0.1) is 5.82 Å². The quantitative estimate of drug-likeness (QED) is 0.558. The average molecular weight is 533 g/mol. The number of hydrogen-bond acceptors (Lipinski definition) is 5. The summed E-state index contributed by atoms with van der Waals surface area (Å²) in [6, 6.07) is 3.40. The van der Waals surface area contributed by atoms with Crippen LogP contribution in [0.4, 0.5) is 36.4 Å². The van der Waals surface area contributed by atoms with Crippen LogP contribution in [0.25, 0.3) is 0 Å². The Morgan fingerprint density at radius 1 is 1.03 bits per heavy atom. The fourth-order valence-corrected chi connectivity index (χ4v) is 6.35. The Hall–Kier alpha value is -2.52. The van der Waals surface area contributed by atoms with Crippen molar-refractivity contribution in [3.05, 3.63) is 53.8 Å².